The van der Waals surface area contributed by atoms with Crippen LogP contribution in [0.1, 0.15) is 38.8 Å². The summed E-state index contributed by atoms with van der Waals surface area (Å²) in [6.07, 6.45) is 0.0962. The third-order valence-electron chi connectivity index (χ3n) is 4.41. The van der Waals surface area contributed by atoms with E-state index in [0.29, 0.717) is 22.5 Å². The van der Waals surface area contributed by atoms with Gasteiger partial charge in [-0.15, -0.1) is 0 Å². The number of carbonyl (C=O) groups is 1. The van der Waals surface area contributed by atoms with Crippen LogP contribution in [0.4, 0.5) is 8.78 Å². The number of carboxylic acid groups (broad SMARTS) is 1. The standard InChI is InChI=1S/C19H14Cl2F2N2O3/c1-3-19(22,23)9-4-8(2)10-6-13(25-12(10)5-9)16(26)14-15(20)11(18(27)28)7-24-17(14)21/h3-7,16,25-26H,1H2,2H3,(H,27,28). The zero-order valence-corrected chi connectivity index (χ0v) is 15.9. The molecule has 1 unspecified atom stereocenters. The molecule has 2 heterocycles. The van der Waals surface area contributed by atoms with Gasteiger partial charge in [-0.2, -0.15) is 8.78 Å². The number of aliphatic hydroxyl groups excluding tert-OH is 1. The average Bonchev–Trinajstić information content (AvgIpc) is 3.06. The fourth-order valence-corrected chi connectivity index (χ4v) is 3.54. The van der Waals surface area contributed by atoms with Crippen LogP contribution < -0.4 is 0 Å². The Morgan fingerprint density at radius 2 is 2.04 bits per heavy atom. The van der Waals surface area contributed by atoms with Crippen molar-refractivity contribution < 1.29 is 23.8 Å². The molecule has 0 fully saturated rings. The first-order valence-electron chi connectivity index (χ1n) is 7.97. The Hall–Kier alpha value is -2.48. The molecule has 0 saturated heterocycles. The van der Waals surface area contributed by atoms with Crippen LogP contribution in [0, 0.1) is 6.92 Å². The number of nitrogens with one attached hydrogen (secondary N) is 1. The minimum absolute atomic E-state index is 0.0934. The van der Waals surface area contributed by atoms with E-state index in [0.717, 1.165) is 6.20 Å². The van der Waals surface area contributed by atoms with Gasteiger partial charge in [0.15, 0.2) is 0 Å². The third-order valence-corrected chi connectivity index (χ3v) is 5.12. The van der Waals surface area contributed by atoms with Crippen LogP contribution >= 0.6 is 23.2 Å². The summed E-state index contributed by atoms with van der Waals surface area (Å²) in [5, 5.41) is 20.1. The van der Waals surface area contributed by atoms with Crippen LogP contribution in [0.25, 0.3) is 10.9 Å². The maximum absolute atomic E-state index is 14.0. The molecule has 0 bridgehead atoms. The number of aromatic nitrogens is 2. The molecular weight excluding hydrogens is 413 g/mol. The maximum Gasteiger partial charge on any atom is 0.338 e. The first kappa shape index (κ1) is 20.3. The number of carboxylic acids is 1. The number of benzene rings is 1. The Bertz CT molecular complexity index is 1110. The van der Waals surface area contributed by atoms with Gasteiger partial charge in [0.25, 0.3) is 5.92 Å². The number of hydrogen-bond donors (Lipinski definition) is 3. The van der Waals surface area contributed by atoms with Gasteiger partial charge in [-0.25, -0.2) is 9.78 Å². The minimum Gasteiger partial charge on any atom is -0.478 e. The summed E-state index contributed by atoms with van der Waals surface area (Å²) in [7, 11) is 0. The summed E-state index contributed by atoms with van der Waals surface area (Å²) in [5.74, 6) is -4.54. The van der Waals surface area contributed by atoms with Crippen molar-refractivity contribution in [2.24, 2.45) is 0 Å². The van der Waals surface area contributed by atoms with E-state index >= 15 is 0 Å². The van der Waals surface area contributed by atoms with Gasteiger partial charge in [-0.05, 0) is 36.8 Å². The molecule has 0 aliphatic carbocycles. The van der Waals surface area contributed by atoms with Crippen molar-refractivity contribution in [1.29, 1.82) is 0 Å². The van der Waals surface area contributed by atoms with E-state index in [-0.39, 0.29) is 32.6 Å². The van der Waals surface area contributed by atoms with Crippen LogP contribution in [0.15, 0.2) is 37.1 Å². The lowest BCUT2D eigenvalue weighted by Gasteiger charge is -2.14. The number of fused-ring (bicyclic) bond motifs is 1. The lowest BCUT2D eigenvalue weighted by Crippen LogP contribution is -2.09. The highest BCUT2D eigenvalue weighted by molar-refractivity contribution is 6.37. The quantitative estimate of drug-likeness (QED) is 0.384. The molecular formula is C19H14Cl2F2N2O3. The van der Waals surface area contributed by atoms with E-state index in [4.69, 9.17) is 23.2 Å². The van der Waals surface area contributed by atoms with Gasteiger partial charge >= 0.3 is 5.97 Å². The number of aliphatic hydroxyl groups is 1. The largest absolute Gasteiger partial charge is 0.478 e. The third kappa shape index (κ3) is 3.37. The first-order valence-corrected chi connectivity index (χ1v) is 8.72. The number of nitrogens with zero attached hydrogens (tertiary/aromatic N) is 1. The Morgan fingerprint density at radius 1 is 1.36 bits per heavy atom. The van der Waals surface area contributed by atoms with Crippen LogP contribution in [0.2, 0.25) is 10.2 Å². The Balaban J connectivity index is 2.15. The van der Waals surface area contributed by atoms with Gasteiger partial charge in [-0.3, -0.25) is 0 Å². The van der Waals surface area contributed by atoms with E-state index in [1.165, 1.54) is 12.1 Å². The second kappa shape index (κ2) is 7.16. The molecule has 1 atom stereocenters. The van der Waals surface area contributed by atoms with E-state index in [1.54, 1.807) is 13.0 Å². The molecule has 9 heteroatoms. The number of allylic oxidation sites excluding steroid dienone is 1. The topological polar surface area (TPSA) is 86.2 Å². The highest BCUT2D eigenvalue weighted by Crippen LogP contribution is 2.38. The van der Waals surface area contributed by atoms with Crippen molar-refractivity contribution >= 4 is 40.1 Å². The van der Waals surface area contributed by atoms with Crippen molar-refractivity contribution in [3.63, 3.8) is 0 Å². The highest BCUT2D eigenvalue weighted by Gasteiger charge is 2.29. The zero-order valence-electron chi connectivity index (χ0n) is 14.4. The van der Waals surface area contributed by atoms with Crippen molar-refractivity contribution in [2.75, 3.05) is 0 Å². The SMILES string of the molecule is C=CC(F)(F)c1cc(C)c2cc(C(O)c3c(Cl)ncc(C(=O)O)c3Cl)[nH]c2c1. The Kier molecular flexibility index (Phi) is 5.18. The van der Waals surface area contributed by atoms with Crippen molar-refractivity contribution in [1.82, 2.24) is 9.97 Å². The van der Waals surface area contributed by atoms with Crippen LogP contribution in [0.5, 0.6) is 0 Å². The number of pyridine rings is 1. The molecule has 3 rings (SSSR count). The van der Waals surface area contributed by atoms with Crippen LogP contribution in [-0.4, -0.2) is 26.2 Å². The summed E-state index contributed by atoms with van der Waals surface area (Å²) >= 11 is 12.1. The molecule has 1 aromatic carbocycles. The summed E-state index contributed by atoms with van der Waals surface area (Å²) in [6.45, 7) is 4.80. The Morgan fingerprint density at radius 3 is 2.64 bits per heavy atom. The number of aryl methyl sites for hydroxylation is 1. The van der Waals surface area contributed by atoms with Gasteiger partial charge < -0.3 is 15.2 Å². The molecule has 3 N–H and O–H groups in total. The van der Waals surface area contributed by atoms with Crippen molar-refractivity contribution in [2.45, 2.75) is 19.0 Å². The maximum atomic E-state index is 14.0. The predicted octanol–water partition coefficient (Wildman–Crippen LogP) is 5.24. The van der Waals surface area contributed by atoms with E-state index in [9.17, 15) is 23.8 Å². The minimum atomic E-state index is -3.21. The highest BCUT2D eigenvalue weighted by atomic mass is 35.5. The fraction of sp³-hybridized carbons (Fsp3) is 0.158. The van der Waals surface area contributed by atoms with E-state index in [1.807, 2.05) is 0 Å². The number of halogens is 4. The second-order valence-corrected chi connectivity index (χ2v) is 6.94. The molecule has 5 nitrogen and oxygen atoms in total. The molecule has 0 aliphatic rings. The molecule has 28 heavy (non-hydrogen) atoms. The Labute approximate surface area is 168 Å². The molecule has 0 aliphatic heterocycles. The molecule has 0 radical (unpaired) electrons. The molecule has 3 aromatic rings. The zero-order chi connectivity index (χ0) is 20.8. The summed E-state index contributed by atoms with van der Waals surface area (Å²) in [4.78, 5) is 17.9. The van der Waals surface area contributed by atoms with Gasteiger partial charge in [0.2, 0.25) is 0 Å². The number of aromatic amines is 1. The van der Waals surface area contributed by atoms with E-state index in [2.05, 4.69) is 16.5 Å². The number of rotatable bonds is 5. The smallest absolute Gasteiger partial charge is 0.338 e. The van der Waals surface area contributed by atoms with Crippen LogP contribution in [-0.2, 0) is 5.92 Å². The predicted molar refractivity (Wildman–Crippen MR) is 102 cm³/mol. The van der Waals surface area contributed by atoms with Crippen LogP contribution in [0.3, 0.4) is 0 Å². The number of hydrogen-bond acceptors (Lipinski definition) is 3. The monoisotopic (exact) mass is 426 g/mol. The number of aromatic carboxylic acids is 1. The summed E-state index contributed by atoms with van der Waals surface area (Å²) in [6, 6.07) is 4.15. The number of H-pyrrole nitrogens is 1. The summed E-state index contributed by atoms with van der Waals surface area (Å²) in [5.41, 5.74) is 0.453. The lowest BCUT2D eigenvalue weighted by atomic mass is 10.0. The van der Waals surface area contributed by atoms with Crippen molar-refractivity contribution in [3.05, 3.63) is 75.2 Å². The van der Waals surface area contributed by atoms with E-state index < -0.39 is 18.0 Å². The molecule has 0 spiro atoms. The average molecular weight is 427 g/mol. The van der Waals surface area contributed by atoms with Gasteiger partial charge in [-0.1, -0.05) is 29.8 Å². The van der Waals surface area contributed by atoms with Gasteiger partial charge in [0.1, 0.15) is 11.3 Å². The van der Waals surface area contributed by atoms with Gasteiger partial charge in [0, 0.05) is 33.9 Å². The first-order chi connectivity index (χ1) is 13.1. The second-order valence-electron chi connectivity index (χ2n) is 6.20. The normalized spacial score (nSPS) is 12.9. The molecule has 146 valence electrons. The van der Waals surface area contributed by atoms with Gasteiger partial charge in [0.05, 0.1) is 10.6 Å². The van der Waals surface area contributed by atoms with Crippen molar-refractivity contribution in [3.8, 4) is 0 Å². The fourth-order valence-electron chi connectivity index (χ4n) is 2.92. The number of alkyl halides is 2. The molecule has 0 amide bonds. The molecule has 0 saturated carbocycles. The summed E-state index contributed by atoms with van der Waals surface area (Å²) < 4.78 is 27.9. The lowest BCUT2D eigenvalue weighted by molar-refractivity contribution is 0.0526. The molecule has 2 aromatic heterocycles.